The number of nitrogens with one attached hydrogen (secondary N) is 1. The number of carboxylic acids is 1. The van der Waals surface area contributed by atoms with Gasteiger partial charge in [0.25, 0.3) is 0 Å². The van der Waals surface area contributed by atoms with Gasteiger partial charge in [0.2, 0.25) is 0 Å². The summed E-state index contributed by atoms with van der Waals surface area (Å²) in [4.78, 5) is 26.7. The molecule has 0 saturated heterocycles. The molecule has 0 aliphatic heterocycles. The Hall–Kier alpha value is -1.65. The second kappa shape index (κ2) is 3.17. The molecule has 2 N–H and O–H groups in total. The van der Waals surface area contributed by atoms with Gasteiger partial charge in [-0.25, -0.2) is 9.78 Å². The summed E-state index contributed by atoms with van der Waals surface area (Å²) in [5, 5.41) is 8.44. The van der Waals surface area contributed by atoms with E-state index in [1.165, 1.54) is 6.20 Å². The van der Waals surface area contributed by atoms with Crippen molar-refractivity contribution in [1.82, 2.24) is 9.97 Å². The van der Waals surface area contributed by atoms with Gasteiger partial charge in [0.15, 0.2) is 0 Å². The van der Waals surface area contributed by atoms with Crippen LogP contribution in [0.2, 0.25) is 0 Å². The molecule has 0 bridgehead atoms. The van der Waals surface area contributed by atoms with Crippen molar-refractivity contribution in [1.29, 1.82) is 0 Å². The summed E-state index contributed by atoms with van der Waals surface area (Å²) in [5.41, 5.74) is 0.626. The fourth-order valence-electron chi connectivity index (χ4n) is 0.847. The maximum atomic E-state index is 10.6. The maximum absolute atomic E-state index is 10.6. The van der Waals surface area contributed by atoms with E-state index in [0.29, 0.717) is 11.3 Å². The number of carbonyl (C=O) groups is 1. The molecule has 0 aliphatic carbocycles. The molecule has 5 heteroatoms. The van der Waals surface area contributed by atoms with Gasteiger partial charge in [-0.05, 0) is 6.92 Å². The summed E-state index contributed by atoms with van der Waals surface area (Å²) in [6.07, 6.45) is 1.16. The minimum Gasteiger partial charge on any atom is -0.481 e. The fourth-order valence-corrected chi connectivity index (χ4v) is 0.847. The Labute approximate surface area is 68.1 Å². The van der Waals surface area contributed by atoms with E-state index >= 15 is 0 Å². The third kappa shape index (κ3) is 1.91. The number of carboxylic acid groups (broad SMARTS) is 1. The van der Waals surface area contributed by atoms with Crippen molar-refractivity contribution in [2.75, 3.05) is 0 Å². The Morgan fingerprint density at radius 1 is 1.75 bits per heavy atom. The predicted molar refractivity (Wildman–Crippen MR) is 40.9 cm³/mol. The highest BCUT2D eigenvalue weighted by Gasteiger charge is 2.04. The molecular weight excluding hydrogens is 160 g/mol. The minimum atomic E-state index is -0.938. The molecule has 5 nitrogen and oxygen atoms in total. The van der Waals surface area contributed by atoms with Gasteiger partial charge in [0, 0.05) is 17.5 Å². The average molecular weight is 168 g/mol. The zero-order chi connectivity index (χ0) is 9.14. The number of aliphatic carboxylic acids is 1. The molecule has 0 fully saturated rings. The molecule has 0 aromatic carbocycles. The molecule has 0 radical (unpaired) electrons. The number of hydrogen-bond donors (Lipinski definition) is 2. The largest absolute Gasteiger partial charge is 0.481 e. The monoisotopic (exact) mass is 168 g/mol. The van der Waals surface area contributed by atoms with Crippen molar-refractivity contribution in [2.45, 2.75) is 13.3 Å². The van der Waals surface area contributed by atoms with Gasteiger partial charge in [0.1, 0.15) is 0 Å². The molecule has 1 heterocycles. The number of hydrogen-bond acceptors (Lipinski definition) is 3. The Kier molecular flexibility index (Phi) is 2.23. The van der Waals surface area contributed by atoms with Gasteiger partial charge < -0.3 is 10.1 Å². The Morgan fingerprint density at radius 3 is 2.92 bits per heavy atom. The molecule has 0 spiro atoms. The lowest BCUT2D eigenvalue weighted by Crippen LogP contribution is -2.14. The third-order valence-corrected chi connectivity index (χ3v) is 1.46. The van der Waals surface area contributed by atoms with Crippen LogP contribution in [-0.2, 0) is 11.2 Å². The van der Waals surface area contributed by atoms with Crippen LogP contribution in [0.25, 0.3) is 0 Å². The van der Waals surface area contributed by atoms with Gasteiger partial charge in [-0.1, -0.05) is 0 Å². The number of H-pyrrole nitrogens is 1. The number of aromatic amines is 1. The lowest BCUT2D eigenvalue weighted by molar-refractivity contribution is -0.136. The van der Waals surface area contributed by atoms with Crippen LogP contribution in [0, 0.1) is 6.92 Å². The van der Waals surface area contributed by atoms with Gasteiger partial charge >= 0.3 is 11.7 Å². The van der Waals surface area contributed by atoms with Crippen LogP contribution in [-0.4, -0.2) is 21.0 Å². The van der Waals surface area contributed by atoms with E-state index in [0.717, 1.165) is 0 Å². The molecule has 12 heavy (non-hydrogen) atoms. The predicted octanol–water partition coefficient (Wildman–Crippen LogP) is -0.295. The summed E-state index contributed by atoms with van der Waals surface area (Å²) >= 11 is 0. The van der Waals surface area contributed by atoms with Gasteiger partial charge in [-0.3, -0.25) is 4.79 Å². The maximum Gasteiger partial charge on any atom is 0.345 e. The normalized spacial score (nSPS) is 9.75. The van der Waals surface area contributed by atoms with E-state index in [-0.39, 0.29) is 6.42 Å². The van der Waals surface area contributed by atoms with Crippen LogP contribution < -0.4 is 5.69 Å². The van der Waals surface area contributed by atoms with Crippen LogP contribution in [0.1, 0.15) is 11.3 Å². The van der Waals surface area contributed by atoms with E-state index < -0.39 is 11.7 Å². The minimum absolute atomic E-state index is 0.115. The topological polar surface area (TPSA) is 83.0 Å². The van der Waals surface area contributed by atoms with Crippen molar-refractivity contribution in [2.24, 2.45) is 0 Å². The second-order valence-electron chi connectivity index (χ2n) is 2.41. The van der Waals surface area contributed by atoms with Crippen LogP contribution in [0.4, 0.5) is 0 Å². The molecule has 1 aromatic rings. The molecule has 64 valence electrons. The molecule has 1 rings (SSSR count). The quantitative estimate of drug-likeness (QED) is 0.635. The second-order valence-corrected chi connectivity index (χ2v) is 2.41. The molecular formula is C7H8N2O3. The smallest absolute Gasteiger partial charge is 0.345 e. The molecule has 0 unspecified atom stereocenters. The van der Waals surface area contributed by atoms with Crippen molar-refractivity contribution in [3.8, 4) is 0 Å². The van der Waals surface area contributed by atoms with E-state index in [1.807, 2.05) is 0 Å². The van der Waals surface area contributed by atoms with Crippen LogP contribution in [0.3, 0.4) is 0 Å². The standard InChI is InChI=1S/C7H8N2O3/c1-4-5(2-6(10)11)3-8-7(12)9-4/h3H,2H2,1H3,(H,10,11)(H,8,9,12). The highest BCUT2D eigenvalue weighted by atomic mass is 16.4. The summed E-state index contributed by atoms with van der Waals surface area (Å²) in [6.45, 7) is 1.64. The average Bonchev–Trinajstić information content (AvgIpc) is 1.94. The van der Waals surface area contributed by atoms with Crippen LogP contribution in [0.15, 0.2) is 11.0 Å². The van der Waals surface area contributed by atoms with Crippen LogP contribution >= 0.6 is 0 Å². The molecule has 0 amide bonds. The van der Waals surface area contributed by atoms with Crippen molar-refractivity contribution >= 4 is 5.97 Å². The lowest BCUT2D eigenvalue weighted by atomic mass is 10.2. The lowest BCUT2D eigenvalue weighted by Gasteiger charge is -1.99. The molecule has 0 atom stereocenters. The van der Waals surface area contributed by atoms with Gasteiger partial charge in [-0.2, -0.15) is 0 Å². The number of aryl methyl sites for hydroxylation is 1. The van der Waals surface area contributed by atoms with Gasteiger partial charge in [-0.15, -0.1) is 0 Å². The first kappa shape index (κ1) is 8.45. The van der Waals surface area contributed by atoms with Crippen LogP contribution in [0.5, 0.6) is 0 Å². The number of nitrogens with zero attached hydrogens (tertiary/aromatic N) is 1. The summed E-state index contributed by atoms with van der Waals surface area (Å²) in [7, 11) is 0. The summed E-state index contributed by atoms with van der Waals surface area (Å²) < 4.78 is 0. The zero-order valence-corrected chi connectivity index (χ0v) is 6.50. The molecule has 0 aliphatic rings. The SMILES string of the molecule is Cc1[nH]c(=O)ncc1CC(=O)O. The highest BCUT2D eigenvalue weighted by molar-refractivity contribution is 5.70. The highest BCUT2D eigenvalue weighted by Crippen LogP contribution is 2.00. The van der Waals surface area contributed by atoms with Gasteiger partial charge in [0.05, 0.1) is 6.42 Å². The summed E-state index contributed by atoms with van der Waals surface area (Å²) in [6, 6.07) is 0. The molecule has 0 saturated carbocycles. The van der Waals surface area contributed by atoms with E-state index in [9.17, 15) is 9.59 Å². The Morgan fingerprint density at radius 2 is 2.42 bits per heavy atom. The number of aromatic nitrogens is 2. The third-order valence-electron chi connectivity index (χ3n) is 1.46. The first-order chi connectivity index (χ1) is 5.59. The molecule has 1 aromatic heterocycles. The van der Waals surface area contributed by atoms with Crippen molar-refractivity contribution in [3.63, 3.8) is 0 Å². The Balaban J connectivity index is 3.01. The van der Waals surface area contributed by atoms with E-state index in [2.05, 4.69) is 9.97 Å². The fraction of sp³-hybridized carbons (Fsp3) is 0.286. The first-order valence-corrected chi connectivity index (χ1v) is 3.36. The van der Waals surface area contributed by atoms with Crippen molar-refractivity contribution < 1.29 is 9.90 Å². The zero-order valence-electron chi connectivity index (χ0n) is 6.50. The summed E-state index contributed by atoms with van der Waals surface area (Å²) in [5.74, 6) is -0.938. The first-order valence-electron chi connectivity index (χ1n) is 3.36. The van der Waals surface area contributed by atoms with E-state index in [1.54, 1.807) is 6.92 Å². The Bertz CT molecular complexity index is 356. The van der Waals surface area contributed by atoms with Crippen molar-refractivity contribution in [3.05, 3.63) is 27.9 Å². The van der Waals surface area contributed by atoms with E-state index in [4.69, 9.17) is 5.11 Å². The number of rotatable bonds is 2.